The average molecular weight is 220 g/mol. The summed E-state index contributed by atoms with van der Waals surface area (Å²) in [5.74, 6) is -0.382. The summed E-state index contributed by atoms with van der Waals surface area (Å²) in [7, 11) is 0. The number of hydrogen-bond donors (Lipinski definition) is 5. The first-order valence-electron chi connectivity index (χ1n) is 4.62. The number of nitrogens with two attached hydrogens (primary N) is 1. The maximum absolute atomic E-state index is 10.8. The lowest BCUT2D eigenvalue weighted by atomic mass is 9.96. The van der Waals surface area contributed by atoms with Crippen LogP contribution in [0.2, 0.25) is 0 Å². The lowest BCUT2D eigenvalue weighted by molar-refractivity contribution is -0.193. The highest BCUT2D eigenvalue weighted by atomic mass is 16.5. The fourth-order valence-corrected chi connectivity index (χ4v) is 1.55. The number of ether oxygens (including phenoxy) is 1. The van der Waals surface area contributed by atoms with E-state index in [9.17, 15) is 15.0 Å². The number of aliphatic hydroxyl groups is 3. The second kappa shape index (κ2) is 4.86. The van der Waals surface area contributed by atoms with Gasteiger partial charge in [-0.05, 0) is 0 Å². The van der Waals surface area contributed by atoms with E-state index in [4.69, 9.17) is 15.6 Å². The van der Waals surface area contributed by atoms with Gasteiger partial charge in [-0.1, -0.05) is 0 Å². The molecule has 0 unspecified atom stereocenters. The third-order valence-corrected chi connectivity index (χ3v) is 2.33. The normalized spacial score (nSPS) is 41.3. The fraction of sp³-hybridized carbons (Fsp3) is 0.875. The maximum atomic E-state index is 10.8. The average Bonchev–Trinajstić information content (AvgIpc) is 2.18. The molecular weight excluding hydrogens is 204 g/mol. The predicted molar refractivity (Wildman–Crippen MR) is 49.6 cm³/mol. The highest BCUT2D eigenvalue weighted by Crippen LogP contribution is 2.18. The summed E-state index contributed by atoms with van der Waals surface area (Å²) in [6.45, 7) is 0.822. The van der Waals surface area contributed by atoms with Crippen LogP contribution < -0.4 is 11.1 Å². The van der Waals surface area contributed by atoms with Crippen LogP contribution in [0.15, 0.2) is 0 Å². The van der Waals surface area contributed by atoms with Gasteiger partial charge >= 0.3 is 0 Å². The Balaban J connectivity index is 2.70. The van der Waals surface area contributed by atoms with Crippen molar-refractivity contribution < 1.29 is 24.9 Å². The van der Waals surface area contributed by atoms with E-state index in [1.807, 2.05) is 0 Å². The lowest BCUT2D eigenvalue weighted by Crippen LogP contribution is -2.66. The van der Waals surface area contributed by atoms with E-state index < -0.39 is 37.2 Å². The van der Waals surface area contributed by atoms with Crippen LogP contribution in [0, 0.1) is 0 Å². The largest absolute Gasteiger partial charge is 0.394 e. The zero-order chi connectivity index (χ0) is 11.6. The van der Waals surface area contributed by atoms with Crippen molar-refractivity contribution in [1.82, 2.24) is 5.32 Å². The molecule has 7 heteroatoms. The summed E-state index contributed by atoms with van der Waals surface area (Å²) in [5.41, 5.74) is 5.53. The first-order chi connectivity index (χ1) is 6.97. The highest BCUT2D eigenvalue weighted by Gasteiger charge is 2.42. The van der Waals surface area contributed by atoms with Crippen molar-refractivity contribution >= 4 is 5.91 Å². The van der Waals surface area contributed by atoms with Crippen molar-refractivity contribution in [3.63, 3.8) is 0 Å². The third-order valence-electron chi connectivity index (χ3n) is 2.33. The molecule has 1 heterocycles. The van der Waals surface area contributed by atoms with E-state index in [0.717, 1.165) is 0 Å². The Hall–Kier alpha value is -0.730. The molecule has 7 nitrogen and oxygen atoms in total. The van der Waals surface area contributed by atoms with E-state index in [1.54, 1.807) is 0 Å². The van der Waals surface area contributed by atoms with Gasteiger partial charge in [-0.25, -0.2) is 0 Å². The van der Waals surface area contributed by atoms with Gasteiger partial charge in [0, 0.05) is 6.92 Å². The highest BCUT2D eigenvalue weighted by molar-refractivity contribution is 5.73. The van der Waals surface area contributed by atoms with Crippen LogP contribution in [0.5, 0.6) is 0 Å². The van der Waals surface area contributed by atoms with Crippen LogP contribution in [0.25, 0.3) is 0 Å². The van der Waals surface area contributed by atoms with Crippen LogP contribution in [0.3, 0.4) is 0 Å². The Bertz CT molecular complexity index is 237. The molecule has 6 N–H and O–H groups in total. The zero-order valence-electron chi connectivity index (χ0n) is 8.33. The van der Waals surface area contributed by atoms with E-state index >= 15 is 0 Å². The molecule has 0 saturated carbocycles. The molecule has 1 rings (SSSR count). The second-order valence-electron chi connectivity index (χ2n) is 3.53. The summed E-state index contributed by atoms with van der Waals surface area (Å²) in [6.07, 6.45) is -4.41. The van der Waals surface area contributed by atoms with Gasteiger partial charge in [0.15, 0.2) is 0 Å². The van der Waals surface area contributed by atoms with Crippen LogP contribution in [0.1, 0.15) is 6.92 Å². The van der Waals surface area contributed by atoms with Crippen molar-refractivity contribution in [1.29, 1.82) is 0 Å². The monoisotopic (exact) mass is 220 g/mol. The Labute approximate surface area is 86.8 Å². The van der Waals surface area contributed by atoms with E-state index in [0.29, 0.717) is 0 Å². The number of rotatable bonds is 2. The minimum Gasteiger partial charge on any atom is -0.394 e. The smallest absolute Gasteiger partial charge is 0.217 e. The summed E-state index contributed by atoms with van der Waals surface area (Å²) < 4.78 is 5.03. The SMILES string of the molecule is CC(=O)N[C@@H]1[C@H](O)[C@@H](O)[C@@H](CO)O[C@H]1N. The predicted octanol–water partition coefficient (Wildman–Crippen LogP) is -3.11. The molecule has 1 aliphatic rings. The Morgan fingerprint density at radius 1 is 1.47 bits per heavy atom. The Morgan fingerprint density at radius 3 is 2.53 bits per heavy atom. The number of amides is 1. The number of hydrogen-bond acceptors (Lipinski definition) is 6. The Morgan fingerprint density at radius 2 is 2.07 bits per heavy atom. The van der Waals surface area contributed by atoms with Crippen LogP contribution in [-0.4, -0.2) is 58.4 Å². The third kappa shape index (κ3) is 2.64. The Kier molecular flexibility index (Phi) is 4.00. The topological polar surface area (TPSA) is 125 Å². The van der Waals surface area contributed by atoms with Gasteiger partial charge in [-0.3, -0.25) is 4.79 Å². The summed E-state index contributed by atoms with van der Waals surface area (Å²) >= 11 is 0. The molecule has 0 aromatic carbocycles. The van der Waals surface area contributed by atoms with Gasteiger partial charge in [0.2, 0.25) is 5.91 Å². The molecule has 1 saturated heterocycles. The molecule has 1 fully saturated rings. The van der Waals surface area contributed by atoms with Gasteiger partial charge in [-0.2, -0.15) is 0 Å². The number of aliphatic hydroxyl groups excluding tert-OH is 3. The minimum absolute atomic E-state index is 0.382. The van der Waals surface area contributed by atoms with Crippen LogP contribution in [-0.2, 0) is 9.53 Å². The van der Waals surface area contributed by atoms with Gasteiger partial charge in [0.25, 0.3) is 0 Å². The van der Waals surface area contributed by atoms with Gasteiger partial charge in [0.1, 0.15) is 24.5 Å². The van der Waals surface area contributed by atoms with Crippen molar-refractivity contribution in [3.05, 3.63) is 0 Å². The summed E-state index contributed by atoms with van der Waals surface area (Å²) in [4.78, 5) is 10.8. The van der Waals surface area contributed by atoms with E-state index in [-0.39, 0.29) is 5.91 Å². The van der Waals surface area contributed by atoms with Gasteiger partial charge in [-0.15, -0.1) is 0 Å². The first-order valence-corrected chi connectivity index (χ1v) is 4.62. The molecule has 0 radical (unpaired) electrons. The molecule has 0 aromatic rings. The van der Waals surface area contributed by atoms with Crippen molar-refractivity contribution in [3.8, 4) is 0 Å². The van der Waals surface area contributed by atoms with Crippen LogP contribution in [0.4, 0.5) is 0 Å². The maximum Gasteiger partial charge on any atom is 0.217 e. The second-order valence-corrected chi connectivity index (χ2v) is 3.53. The zero-order valence-corrected chi connectivity index (χ0v) is 8.33. The van der Waals surface area contributed by atoms with Crippen molar-refractivity contribution in [2.45, 2.75) is 37.5 Å². The fourth-order valence-electron chi connectivity index (χ4n) is 1.55. The van der Waals surface area contributed by atoms with Crippen molar-refractivity contribution in [2.75, 3.05) is 6.61 Å². The molecular formula is C8H16N2O5. The van der Waals surface area contributed by atoms with E-state index in [1.165, 1.54) is 6.92 Å². The molecule has 15 heavy (non-hydrogen) atoms. The summed E-state index contributed by atoms with van der Waals surface area (Å²) in [5, 5.41) is 30.3. The molecule has 88 valence electrons. The molecule has 1 amide bonds. The quantitative estimate of drug-likeness (QED) is 0.335. The number of carbonyl (C=O) groups excluding carboxylic acids is 1. The standard InChI is InChI=1S/C8H16N2O5/c1-3(12)10-5-7(14)6(13)4(2-11)15-8(5)9/h4-8,11,13-14H,2,9H2,1H3,(H,10,12)/t4-,5-,6+,7+,8-/m1/s1. The molecule has 0 bridgehead atoms. The van der Waals surface area contributed by atoms with Crippen LogP contribution >= 0.6 is 0 Å². The molecule has 5 atom stereocenters. The van der Waals surface area contributed by atoms with Gasteiger partial charge < -0.3 is 31.1 Å². The number of nitrogens with one attached hydrogen (secondary N) is 1. The molecule has 0 aromatic heterocycles. The molecule has 1 aliphatic heterocycles. The first kappa shape index (κ1) is 12.3. The van der Waals surface area contributed by atoms with E-state index in [2.05, 4.69) is 5.32 Å². The van der Waals surface area contributed by atoms with Gasteiger partial charge in [0.05, 0.1) is 12.6 Å². The minimum atomic E-state index is -1.27. The summed E-state index contributed by atoms with van der Waals surface area (Å²) in [6, 6.07) is -0.875. The molecule has 0 aliphatic carbocycles. The molecule has 0 spiro atoms. The van der Waals surface area contributed by atoms with Crippen molar-refractivity contribution in [2.24, 2.45) is 5.73 Å². The lowest BCUT2D eigenvalue weighted by Gasteiger charge is -2.40. The number of carbonyl (C=O) groups is 1.